The molecule has 1 aromatic heterocycles. The number of hydrogen-bond donors (Lipinski definition) is 2. The van der Waals surface area contributed by atoms with E-state index in [1.807, 2.05) is 11.3 Å². The van der Waals surface area contributed by atoms with E-state index in [9.17, 15) is 0 Å². The Labute approximate surface area is 155 Å². The Kier molecular flexibility index (Phi) is 9.35. The average molecular weight is 436 g/mol. The van der Waals surface area contributed by atoms with Crippen LogP contribution in [0.2, 0.25) is 0 Å². The summed E-state index contributed by atoms with van der Waals surface area (Å²) in [6.07, 6.45) is 3.65. The first-order valence-corrected chi connectivity index (χ1v) is 8.87. The van der Waals surface area contributed by atoms with E-state index < -0.39 is 0 Å². The maximum absolute atomic E-state index is 5.98. The number of thiophene rings is 1. The van der Waals surface area contributed by atoms with Crippen LogP contribution in [0, 0.1) is 5.92 Å². The van der Waals surface area contributed by atoms with Gasteiger partial charge < -0.3 is 11.1 Å². The first kappa shape index (κ1) is 19.7. The summed E-state index contributed by atoms with van der Waals surface area (Å²) in [6.45, 7) is 8.51. The largest absolute Gasteiger partial charge is 0.370 e. The highest BCUT2D eigenvalue weighted by Gasteiger charge is 2.22. The van der Waals surface area contributed by atoms with E-state index in [0.29, 0.717) is 17.9 Å². The van der Waals surface area contributed by atoms with Crippen molar-refractivity contribution in [2.75, 3.05) is 26.2 Å². The molecule has 1 aliphatic heterocycles. The van der Waals surface area contributed by atoms with E-state index in [0.717, 1.165) is 26.1 Å². The molecule has 2 unspecified atom stereocenters. The van der Waals surface area contributed by atoms with Gasteiger partial charge in [0.05, 0.1) is 0 Å². The highest BCUT2D eigenvalue weighted by molar-refractivity contribution is 14.0. The lowest BCUT2D eigenvalue weighted by Gasteiger charge is -2.23. The van der Waals surface area contributed by atoms with Crippen molar-refractivity contribution in [3.63, 3.8) is 0 Å². The SMILES string of the molecule is CCN1CCCC1CNC(N)=NCC(C)Cc1cccs1.I. The second kappa shape index (κ2) is 10.4. The number of guanidine groups is 1. The smallest absolute Gasteiger partial charge is 0.188 e. The van der Waals surface area contributed by atoms with Gasteiger partial charge in [0, 0.05) is 24.0 Å². The van der Waals surface area contributed by atoms with Crippen LogP contribution in [0.4, 0.5) is 0 Å². The molecule has 0 aromatic carbocycles. The molecule has 2 heterocycles. The van der Waals surface area contributed by atoms with Crippen LogP contribution >= 0.6 is 35.3 Å². The minimum atomic E-state index is 0. The van der Waals surface area contributed by atoms with Crippen molar-refractivity contribution in [2.24, 2.45) is 16.6 Å². The molecule has 4 nitrogen and oxygen atoms in total. The summed E-state index contributed by atoms with van der Waals surface area (Å²) in [4.78, 5) is 8.42. The number of likely N-dealkylation sites (N-methyl/N-ethyl adjacent to an activating group) is 1. The van der Waals surface area contributed by atoms with Crippen molar-refractivity contribution in [3.8, 4) is 0 Å². The van der Waals surface area contributed by atoms with Gasteiger partial charge in [0.25, 0.3) is 0 Å². The molecule has 22 heavy (non-hydrogen) atoms. The molecule has 3 N–H and O–H groups in total. The van der Waals surface area contributed by atoms with E-state index in [1.165, 1.54) is 24.3 Å². The van der Waals surface area contributed by atoms with Gasteiger partial charge in [0.15, 0.2) is 5.96 Å². The third kappa shape index (κ3) is 6.42. The zero-order valence-corrected chi connectivity index (χ0v) is 16.8. The fourth-order valence-electron chi connectivity index (χ4n) is 2.91. The van der Waals surface area contributed by atoms with Crippen LogP contribution in [0.5, 0.6) is 0 Å². The number of nitrogens with one attached hydrogen (secondary N) is 1. The Morgan fingerprint density at radius 3 is 3.09 bits per heavy atom. The van der Waals surface area contributed by atoms with Gasteiger partial charge in [0.2, 0.25) is 0 Å². The number of aliphatic imine (C=N–C) groups is 1. The molecule has 1 aliphatic rings. The second-order valence-electron chi connectivity index (χ2n) is 5.92. The van der Waals surface area contributed by atoms with Gasteiger partial charge in [-0.3, -0.25) is 9.89 Å². The molecule has 0 radical (unpaired) electrons. The summed E-state index contributed by atoms with van der Waals surface area (Å²) in [5.74, 6) is 1.12. The molecular formula is C16H29IN4S. The van der Waals surface area contributed by atoms with Crippen molar-refractivity contribution in [1.29, 1.82) is 0 Å². The summed E-state index contributed by atoms with van der Waals surface area (Å²) < 4.78 is 0. The fourth-order valence-corrected chi connectivity index (χ4v) is 3.78. The van der Waals surface area contributed by atoms with Crippen LogP contribution < -0.4 is 11.1 Å². The molecule has 2 rings (SSSR count). The zero-order chi connectivity index (χ0) is 15.1. The third-order valence-electron chi connectivity index (χ3n) is 4.13. The normalized spacial score (nSPS) is 20.6. The Hall–Kier alpha value is -0.340. The van der Waals surface area contributed by atoms with Gasteiger partial charge in [0.1, 0.15) is 0 Å². The van der Waals surface area contributed by atoms with Crippen LogP contribution in [-0.2, 0) is 6.42 Å². The number of nitrogens with zero attached hydrogens (tertiary/aromatic N) is 2. The number of rotatable bonds is 7. The van der Waals surface area contributed by atoms with Crippen LogP contribution in [0.15, 0.2) is 22.5 Å². The minimum absolute atomic E-state index is 0. The van der Waals surface area contributed by atoms with Crippen LogP contribution in [0.25, 0.3) is 0 Å². The molecule has 1 fully saturated rings. The second-order valence-corrected chi connectivity index (χ2v) is 6.95. The van der Waals surface area contributed by atoms with E-state index in [4.69, 9.17) is 5.73 Å². The Balaban J connectivity index is 0.00000242. The van der Waals surface area contributed by atoms with Crippen LogP contribution in [-0.4, -0.2) is 43.1 Å². The maximum atomic E-state index is 5.98. The van der Waals surface area contributed by atoms with Crippen molar-refractivity contribution < 1.29 is 0 Å². The van der Waals surface area contributed by atoms with Crippen molar-refractivity contribution in [1.82, 2.24) is 10.2 Å². The minimum Gasteiger partial charge on any atom is -0.370 e. The molecule has 0 amide bonds. The molecule has 6 heteroatoms. The first-order chi connectivity index (χ1) is 10.2. The summed E-state index contributed by atoms with van der Waals surface area (Å²) in [5, 5.41) is 5.42. The zero-order valence-electron chi connectivity index (χ0n) is 13.6. The monoisotopic (exact) mass is 436 g/mol. The predicted octanol–water partition coefficient (Wildman–Crippen LogP) is 2.93. The molecule has 1 aromatic rings. The van der Waals surface area contributed by atoms with Crippen molar-refractivity contribution in [2.45, 2.75) is 39.2 Å². The molecular weight excluding hydrogens is 407 g/mol. The lowest BCUT2D eigenvalue weighted by atomic mass is 10.1. The molecule has 1 saturated heterocycles. The van der Waals surface area contributed by atoms with Gasteiger partial charge in [-0.15, -0.1) is 35.3 Å². The van der Waals surface area contributed by atoms with Crippen molar-refractivity contribution >= 4 is 41.3 Å². The van der Waals surface area contributed by atoms with Gasteiger partial charge in [-0.2, -0.15) is 0 Å². The van der Waals surface area contributed by atoms with E-state index in [2.05, 4.69) is 46.6 Å². The Morgan fingerprint density at radius 2 is 2.41 bits per heavy atom. The lowest BCUT2D eigenvalue weighted by Crippen LogP contribution is -2.42. The van der Waals surface area contributed by atoms with Gasteiger partial charge in [-0.05, 0) is 49.7 Å². The van der Waals surface area contributed by atoms with Crippen molar-refractivity contribution in [3.05, 3.63) is 22.4 Å². The van der Waals surface area contributed by atoms with Gasteiger partial charge in [-0.25, -0.2) is 0 Å². The number of hydrogen-bond acceptors (Lipinski definition) is 3. The van der Waals surface area contributed by atoms with E-state index in [1.54, 1.807) is 0 Å². The summed E-state index contributed by atoms with van der Waals surface area (Å²) in [5.41, 5.74) is 5.98. The highest BCUT2D eigenvalue weighted by Crippen LogP contribution is 2.16. The molecule has 0 spiro atoms. The number of likely N-dealkylation sites (tertiary alicyclic amines) is 1. The Morgan fingerprint density at radius 1 is 1.59 bits per heavy atom. The number of nitrogens with two attached hydrogens (primary N) is 1. The standard InChI is InChI=1S/C16H28N4S.HI/c1-3-20-8-4-6-14(20)12-19-16(17)18-11-13(2)10-15-7-5-9-21-15;/h5,7,9,13-14H,3-4,6,8,10-12H2,1-2H3,(H3,17,18,19);1H. The number of halogens is 1. The molecule has 0 saturated carbocycles. The molecule has 0 aliphatic carbocycles. The summed E-state index contributed by atoms with van der Waals surface area (Å²) in [7, 11) is 0. The first-order valence-electron chi connectivity index (χ1n) is 7.99. The fraction of sp³-hybridized carbons (Fsp3) is 0.688. The van der Waals surface area contributed by atoms with Crippen LogP contribution in [0.1, 0.15) is 31.6 Å². The molecule has 126 valence electrons. The summed E-state index contributed by atoms with van der Waals surface area (Å²) in [6, 6.07) is 4.91. The quantitative estimate of drug-likeness (QED) is 0.393. The van der Waals surface area contributed by atoms with Gasteiger partial charge >= 0.3 is 0 Å². The maximum Gasteiger partial charge on any atom is 0.188 e. The topological polar surface area (TPSA) is 53.6 Å². The highest BCUT2D eigenvalue weighted by atomic mass is 127. The van der Waals surface area contributed by atoms with E-state index in [-0.39, 0.29) is 24.0 Å². The predicted molar refractivity (Wildman–Crippen MR) is 107 cm³/mol. The van der Waals surface area contributed by atoms with E-state index >= 15 is 0 Å². The van der Waals surface area contributed by atoms with Crippen LogP contribution in [0.3, 0.4) is 0 Å². The Bertz CT molecular complexity index is 435. The van der Waals surface area contributed by atoms with Gasteiger partial charge in [-0.1, -0.05) is 19.9 Å². The average Bonchev–Trinajstić information content (AvgIpc) is 3.13. The third-order valence-corrected chi connectivity index (χ3v) is 5.03. The lowest BCUT2D eigenvalue weighted by molar-refractivity contribution is 0.267. The molecule has 2 atom stereocenters. The summed E-state index contributed by atoms with van der Waals surface area (Å²) >= 11 is 1.81. The molecule has 0 bridgehead atoms.